The van der Waals surface area contributed by atoms with E-state index in [9.17, 15) is 4.79 Å². The van der Waals surface area contributed by atoms with Crippen molar-refractivity contribution in [3.8, 4) is 5.75 Å². The van der Waals surface area contributed by atoms with E-state index in [0.717, 1.165) is 5.56 Å². The van der Waals surface area contributed by atoms with Gasteiger partial charge in [0.1, 0.15) is 12.4 Å². The normalized spacial score (nSPS) is 9.88. The highest BCUT2D eigenvalue weighted by atomic mass is 16.5. The minimum atomic E-state index is -0.422. The van der Waals surface area contributed by atoms with Crippen LogP contribution in [0.4, 0.5) is 0 Å². The van der Waals surface area contributed by atoms with E-state index in [0.29, 0.717) is 5.56 Å². The van der Waals surface area contributed by atoms with Crippen LogP contribution in [0.1, 0.15) is 15.9 Å². The van der Waals surface area contributed by atoms with Crippen LogP contribution in [0.25, 0.3) is 0 Å². The van der Waals surface area contributed by atoms with Gasteiger partial charge in [0.05, 0.1) is 5.56 Å². The topological polar surface area (TPSA) is 59.4 Å². The summed E-state index contributed by atoms with van der Waals surface area (Å²) in [5.74, 6) is -0.303. The molecule has 1 heterocycles. The number of nitrogens with zero attached hydrogens (tertiary/aromatic N) is 1. The standard InChI is InChI=1S/C13H11NO3/c15-12-5-3-11(4-6-12)13(16)17-9-10-2-1-7-14-8-10/h1-8,15H,9H2. The van der Waals surface area contributed by atoms with Crippen LogP contribution in [-0.4, -0.2) is 16.1 Å². The summed E-state index contributed by atoms with van der Waals surface area (Å²) in [7, 11) is 0. The molecule has 4 nitrogen and oxygen atoms in total. The van der Waals surface area contributed by atoms with Gasteiger partial charge in [0.25, 0.3) is 0 Å². The minimum absolute atomic E-state index is 0.119. The molecule has 0 atom stereocenters. The Hall–Kier alpha value is -2.36. The highest BCUT2D eigenvalue weighted by Gasteiger charge is 2.06. The maximum Gasteiger partial charge on any atom is 0.338 e. The highest BCUT2D eigenvalue weighted by Crippen LogP contribution is 2.11. The molecule has 0 saturated heterocycles. The van der Waals surface area contributed by atoms with Gasteiger partial charge in [0.2, 0.25) is 0 Å². The maximum atomic E-state index is 11.6. The summed E-state index contributed by atoms with van der Waals surface area (Å²) in [4.78, 5) is 15.5. The molecule has 0 radical (unpaired) electrons. The van der Waals surface area contributed by atoms with E-state index in [-0.39, 0.29) is 12.4 Å². The molecule has 0 aliphatic carbocycles. The lowest BCUT2D eigenvalue weighted by Gasteiger charge is -2.04. The van der Waals surface area contributed by atoms with Crippen LogP contribution in [0.5, 0.6) is 5.75 Å². The Labute approximate surface area is 98.5 Å². The zero-order valence-corrected chi connectivity index (χ0v) is 9.04. The number of benzene rings is 1. The van der Waals surface area contributed by atoms with Crippen LogP contribution in [0.2, 0.25) is 0 Å². The average Bonchev–Trinajstić information content (AvgIpc) is 2.38. The molecule has 86 valence electrons. The Kier molecular flexibility index (Phi) is 3.35. The smallest absolute Gasteiger partial charge is 0.338 e. The lowest BCUT2D eigenvalue weighted by Crippen LogP contribution is -2.04. The fourth-order valence-electron chi connectivity index (χ4n) is 1.31. The van der Waals surface area contributed by atoms with Crippen molar-refractivity contribution in [1.82, 2.24) is 4.98 Å². The molecule has 2 aromatic rings. The van der Waals surface area contributed by atoms with Crippen LogP contribution in [0, 0.1) is 0 Å². The van der Waals surface area contributed by atoms with Crippen LogP contribution in [0.15, 0.2) is 48.8 Å². The van der Waals surface area contributed by atoms with Gasteiger partial charge in [-0.15, -0.1) is 0 Å². The third-order valence-corrected chi connectivity index (χ3v) is 2.20. The van der Waals surface area contributed by atoms with Crippen molar-refractivity contribution in [3.05, 3.63) is 59.9 Å². The number of carbonyl (C=O) groups excluding carboxylic acids is 1. The summed E-state index contributed by atoms with van der Waals surface area (Å²) < 4.78 is 5.09. The number of aromatic hydroxyl groups is 1. The first kappa shape index (κ1) is 11.1. The zero-order chi connectivity index (χ0) is 12.1. The number of pyridine rings is 1. The highest BCUT2D eigenvalue weighted by molar-refractivity contribution is 5.89. The number of carbonyl (C=O) groups is 1. The van der Waals surface area contributed by atoms with E-state index in [1.54, 1.807) is 18.5 Å². The van der Waals surface area contributed by atoms with Crippen molar-refractivity contribution in [2.75, 3.05) is 0 Å². The quantitative estimate of drug-likeness (QED) is 0.819. The Bertz CT molecular complexity index is 494. The number of rotatable bonds is 3. The molecule has 0 fully saturated rings. The van der Waals surface area contributed by atoms with E-state index in [2.05, 4.69) is 4.98 Å². The fourth-order valence-corrected chi connectivity index (χ4v) is 1.31. The minimum Gasteiger partial charge on any atom is -0.508 e. The van der Waals surface area contributed by atoms with Gasteiger partial charge >= 0.3 is 5.97 Å². The average molecular weight is 229 g/mol. The lowest BCUT2D eigenvalue weighted by atomic mass is 10.2. The number of ether oxygens (including phenoxy) is 1. The summed E-state index contributed by atoms with van der Waals surface area (Å²) in [6.07, 6.45) is 3.30. The molecule has 0 amide bonds. The van der Waals surface area contributed by atoms with Gasteiger partial charge in [-0.05, 0) is 30.3 Å². The summed E-state index contributed by atoms with van der Waals surface area (Å²) in [5, 5.41) is 9.09. The summed E-state index contributed by atoms with van der Waals surface area (Å²) in [6, 6.07) is 9.53. The second-order valence-corrected chi connectivity index (χ2v) is 3.48. The molecule has 1 N–H and O–H groups in total. The number of hydrogen-bond acceptors (Lipinski definition) is 4. The van der Waals surface area contributed by atoms with Crippen molar-refractivity contribution in [2.24, 2.45) is 0 Å². The van der Waals surface area contributed by atoms with Crippen molar-refractivity contribution < 1.29 is 14.6 Å². The van der Waals surface area contributed by atoms with E-state index in [1.165, 1.54) is 24.3 Å². The summed E-state index contributed by atoms with van der Waals surface area (Å²) in [5.41, 5.74) is 1.24. The van der Waals surface area contributed by atoms with Crippen LogP contribution in [-0.2, 0) is 11.3 Å². The molecule has 1 aromatic carbocycles. The molecule has 0 bridgehead atoms. The molecule has 0 aliphatic heterocycles. The second kappa shape index (κ2) is 5.12. The van der Waals surface area contributed by atoms with Gasteiger partial charge in [0, 0.05) is 18.0 Å². The fraction of sp³-hybridized carbons (Fsp3) is 0.0769. The molecular formula is C13H11NO3. The Morgan fingerprint density at radius 2 is 2.00 bits per heavy atom. The Balaban J connectivity index is 1.96. The molecule has 0 unspecified atom stereocenters. The van der Waals surface area contributed by atoms with E-state index in [4.69, 9.17) is 9.84 Å². The van der Waals surface area contributed by atoms with Gasteiger partial charge in [-0.3, -0.25) is 4.98 Å². The number of phenols is 1. The third kappa shape index (κ3) is 3.04. The molecular weight excluding hydrogens is 218 g/mol. The first-order valence-corrected chi connectivity index (χ1v) is 5.11. The van der Waals surface area contributed by atoms with E-state index >= 15 is 0 Å². The first-order chi connectivity index (χ1) is 8.25. The van der Waals surface area contributed by atoms with Gasteiger partial charge in [-0.1, -0.05) is 6.07 Å². The third-order valence-electron chi connectivity index (χ3n) is 2.20. The van der Waals surface area contributed by atoms with Gasteiger partial charge in [-0.2, -0.15) is 0 Å². The van der Waals surface area contributed by atoms with Crippen LogP contribution < -0.4 is 0 Å². The number of phenolic OH excluding ortho intramolecular Hbond substituents is 1. The monoisotopic (exact) mass is 229 g/mol. The Morgan fingerprint density at radius 3 is 2.65 bits per heavy atom. The van der Waals surface area contributed by atoms with Crippen LogP contribution in [0.3, 0.4) is 0 Å². The van der Waals surface area contributed by atoms with Gasteiger partial charge < -0.3 is 9.84 Å². The predicted octanol–water partition coefficient (Wildman–Crippen LogP) is 2.14. The maximum absolute atomic E-state index is 11.6. The SMILES string of the molecule is O=C(OCc1cccnc1)c1ccc(O)cc1. The number of hydrogen-bond donors (Lipinski definition) is 1. The molecule has 2 rings (SSSR count). The molecule has 4 heteroatoms. The number of aromatic nitrogens is 1. The number of esters is 1. The predicted molar refractivity (Wildman–Crippen MR) is 61.5 cm³/mol. The van der Waals surface area contributed by atoms with Crippen molar-refractivity contribution >= 4 is 5.97 Å². The van der Waals surface area contributed by atoms with E-state index in [1.807, 2.05) is 6.07 Å². The summed E-state index contributed by atoms with van der Waals surface area (Å²) >= 11 is 0. The van der Waals surface area contributed by atoms with Crippen molar-refractivity contribution in [3.63, 3.8) is 0 Å². The molecule has 0 aliphatic rings. The van der Waals surface area contributed by atoms with Gasteiger partial charge in [0.15, 0.2) is 0 Å². The van der Waals surface area contributed by atoms with Crippen molar-refractivity contribution in [1.29, 1.82) is 0 Å². The largest absolute Gasteiger partial charge is 0.508 e. The first-order valence-electron chi connectivity index (χ1n) is 5.11. The molecule has 17 heavy (non-hydrogen) atoms. The molecule has 0 spiro atoms. The summed E-state index contributed by atoms with van der Waals surface area (Å²) in [6.45, 7) is 0.188. The van der Waals surface area contributed by atoms with Crippen molar-refractivity contribution in [2.45, 2.75) is 6.61 Å². The second-order valence-electron chi connectivity index (χ2n) is 3.48. The zero-order valence-electron chi connectivity index (χ0n) is 9.04. The Morgan fingerprint density at radius 1 is 1.24 bits per heavy atom. The lowest BCUT2D eigenvalue weighted by molar-refractivity contribution is 0.0472. The van der Waals surface area contributed by atoms with Crippen LogP contribution >= 0.6 is 0 Å². The van der Waals surface area contributed by atoms with Gasteiger partial charge in [-0.25, -0.2) is 4.79 Å². The van der Waals surface area contributed by atoms with E-state index < -0.39 is 5.97 Å². The molecule has 1 aromatic heterocycles. The molecule has 0 saturated carbocycles.